The maximum Gasteiger partial charge on any atom is 0.328 e. The zero-order valence-corrected chi connectivity index (χ0v) is 15.6. The summed E-state index contributed by atoms with van der Waals surface area (Å²) in [5.74, 6) is -1.67. The predicted molar refractivity (Wildman–Crippen MR) is 104 cm³/mol. The Morgan fingerprint density at radius 3 is 2.69 bits per heavy atom. The Bertz CT molecular complexity index is 1010. The van der Waals surface area contributed by atoms with Gasteiger partial charge in [0.2, 0.25) is 5.91 Å². The van der Waals surface area contributed by atoms with Crippen LogP contribution in [-0.4, -0.2) is 47.6 Å². The number of carbonyl (C=O) groups is 4. The van der Waals surface area contributed by atoms with Gasteiger partial charge in [-0.15, -0.1) is 0 Å². The number of fused-ring (bicyclic) bond motifs is 1. The number of imide groups is 2. The van der Waals surface area contributed by atoms with Gasteiger partial charge < -0.3 is 14.6 Å². The van der Waals surface area contributed by atoms with Crippen LogP contribution in [0.3, 0.4) is 0 Å². The molecule has 0 spiro atoms. The zero-order valence-electron chi connectivity index (χ0n) is 15.6. The minimum Gasteiger partial charge on any atom is -0.376 e. The van der Waals surface area contributed by atoms with Crippen LogP contribution in [0.4, 0.5) is 4.79 Å². The largest absolute Gasteiger partial charge is 0.376 e. The fourth-order valence-electron chi connectivity index (χ4n) is 3.53. The number of barbiturate groups is 1. The van der Waals surface area contributed by atoms with Crippen LogP contribution in [0.5, 0.6) is 0 Å². The molecule has 2 aliphatic heterocycles. The van der Waals surface area contributed by atoms with Crippen molar-refractivity contribution in [2.24, 2.45) is 0 Å². The third-order valence-electron chi connectivity index (χ3n) is 4.93. The lowest BCUT2D eigenvalue weighted by Gasteiger charge is -2.13. The summed E-state index contributed by atoms with van der Waals surface area (Å²) in [6, 6.07) is 6.53. The third kappa shape index (κ3) is 4.04. The molecule has 5 amide bonds. The highest BCUT2D eigenvalue weighted by Crippen LogP contribution is 2.24. The molecule has 29 heavy (non-hydrogen) atoms. The molecule has 0 saturated carbocycles. The number of hydrogen-bond donors (Lipinski definition) is 3. The van der Waals surface area contributed by atoms with Crippen LogP contribution >= 0.6 is 0 Å². The number of benzene rings is 1. The molecule has 3 heterocycles. The van der Waals surface area contributed by atoms with E-state index in [-0.39, 0.29) is 24.1 Å². The van der Waals surface area contributed by atoms with Crippen molar-refractivity contribution in [3.8, 4) is 0 Å². The van der Waals surface area contributed by atoms with Crippen molar-refractivity contribution >= 4 is 40.7 Å². The van der Waals surface area contributed by atoms with Gasteiger partial charge in [0.1, 0.15) is 12.1 Å². The number of rotatable bonds is 5. The third-order valence-corrected chi connectivity index (χ3v) is 4.93. The molecular weight excluding hydrogens is 376 g/mol. The summed E-state index contributed by atoms with van der Waals surface area (Å²) < 4.78 is 7.27. The molecule has 2 saturated heterocycles. The topological polar surface area (TPSA) is 119 Å². The van der Waals surface area contributed by atoms with Gasteiger partial charge in [0, 0.05) is 35.8 Å². The summed E-state index contributed by atoms with van der Waals surface area (Å²) in [7, 11) is 0. The van der Waals surface area contributed by atoms with E-state index >= 15 is 0 Å². The summed E-state index contributed by atoms with van der Waals surface area (Å²) in [5, 5.41) is 7.76. The maximum atomic E-state index is 12.4. The number of carbonyl (C=O) groups excluding carboxylic acids is 4. The van der Waals surface area contributed by atoms with Crippen molar-refractivity contribution in [2.45, 2.75) is 25.5 Å². The normalized spacial score (nSPS) is 19.2. The summed E-state index contributed by atoms with van der Waals surface area (Å²) in [4.78, 5) is 47.6. The Hall–Kier alpha value is -3.46. The molecule has 2 fully saturated rings. The second-order valence-electron chi connectivity index (χ2n) is 6.96. The Morgan fingerprint density at radius 2 is 1.97 bits per heavy atom. The van der Waals surface area contributed by atoms with Gasteiger partial charge in [-0.1, -0.05) is 18.2 Å². The molecule has 4 rings (SSSR count). The molecular formula is C20H20N4O5. The quantitative estimate of drug-likeness (QED) is 0.508. The smallest absolute Gasteiger partial charge is 0.328 e. The van der Waals surface area contributed by atoms with Crippen molar-refractivity contribution in [3.05, 3.63) is 41.6 Å². The average Bonchev–Trinajstić information content (AvgIpc) is 3.32. The highest BCUT2D eigenvalue weighted by atomic mass is 16.5. The molecule has 1 atom stereocenters. The number of hydrogen-bond acceptors (Lipinski definition) is 5. The lowest BCUT2D eigenvalue weighted by atomic mass is 10.1. The van der Waals surface area contributed by atoms with Crippen molar-refractivity contribution in [2.75, 3.05) is 13.2 Å². The fraction of sp³-hybridized carbons (Fsp3) is 0.300. The van der Waals surface area contributed by atoms with Crippen LogP contribution in [0.2, 0.25) is 0 Å². The highest BCUT2D eigenvalue weighted by Gasteiger charge is 2.28. The molecule has 9 nitrogen and oxygen atoms in total. The molecule has 2 aromatic rings. The minimum absolute atomic E-state index is 0.0617. The van der Waals surface area contributed by atoms with E-state index in [0.717, 1.165) is 30.4 Å². The van der Waals surface area contributed by atoms with Gasteiger partial charge in [0.25, 0.3) is 11.8 Å². The standard InChI is InChI=1S/C20H20N4O5/c25-17(21-9-13-4-3-7-29-13)11-24-10-12(14-5-1-2-6-16(14)24)8-15-18(26)22-20(28)23-19(15)27/h1-2,5-6,8,10,13H,3-4,7,9,11H2,(H,21,25)(H2,22,23,26,27,28)/t13-/m1/s1. The van der Waals surface area contributed by atoms with Gasteiger partial charge in [0.05, 0.1) is 6.10 Å². The van der Waals surface area contributed by atoms with Crippen molar-refractivity contribution in [1.82, 2.24) is 20.5 Å². The van der Waals surface area contributed by atoms with E-state index in [1.54, 1.807) is 10.8 Å². The molecule has 3 N–H and O–H groups in total. The number of para-hydroxylation sites is 1. The first kappa shape index (κ1) is 18.9. The number of nitrogens with zero attached hydrogens (tertiary/aromatic N) is 1. The first-order chi connectivity index (χ1) is 14.0. The van der Waals surface area contributed by atoms with Gasteiger partial charge in [-0.25, -0.2) is 4.79 Å². The molecule has 9 heteroatoms. The number of ether oxygens (including phenoxy) is 1. The molecule has 1 aromatic heterocycles. The predicted octanol–water partition coefficient (Wildman–Crippen LogP) is 0.686. The van der Waals surface area contributed by atoms with E-state index in [4.69, 9.17) is 4.74 Å². The van der Waals surface area contributed by atoms with E-state index < -0.39 is 17.8 Å². The molecule has 2 aliphatic rings. The van der Waals surface area contributed by atoms with Gasteiger partial charge in [-0.3, -0.25) is 25.0 Å². The van der Waals surface area contributed by atoms with Gasteiger partial charge in [0.15, 0.2) is 0 Å². The highest BCUT2D eigenvalue weighted by molar-refractivity contribution is 6.31. The lowest BCUT2D eigenvalue weighted by molar-refractivity contribution is -0.124. The molecule has 0 bridgehead atoms. The maximum absolute atomic E-state index is 12.4. The second-order valence-corrected chi connectivity index (χ2v) is 6.96. The van der Waals surface area contributed by atoms with Crippen molar-refractivity contribution in [1.29, 1.82) is 0 Å². The summed E-state index contributed by atoms with van der Waals surface area (Å²) in [6.45, 7) is 1.30. The minimum atomic E-state index is -0.845. The first-order valence-corrected chi connectivity index (χ1v) is 9.36. The van der Waals surface area contributed by atoms with E-state index in [9.17, 15) is 19.2 Å². The van der Waals surface area contributed by atoms with Crippen LogP contribution in [0.15, 0.2) is 36.0 Å². The Kier molecular flexibility index (Phi) is 5.13. The first-order valence-electron chi connectivity index (χ1n) is 9.36. The van der Waals surface area contributed by atoms with E-state index in [1.165, 1.54) is 6.08 Å². The van der Waals surface area contributed by atoms with Crippen molar-refractivity contribution in [3.63, 3.8) is 0 Å². The zero-order chi connectivity index (χ0) is 20.4. The van der Waals surface area contributed by atoms with Gasteiger partial charge >= 0.3 is 6.03 Å². The Morgan fingerprint density at radius 1 is 1.21 bits per heavy atom. The monoisotopic (exact) mass is 396 g/mol. The van der Waals surface area contributed by atoms with E-state index in [0.29, 0.717) is 12.1 Å². The summed E-state index contributed by atoms with van der Waals surface area (Å²) in [6.07, 6.45) is 5.14. The van der Waals surface area contributed by atoms with Crippen LogP contribution in [0.1, 0.15) is 18.4 Å². The average molecular weight is 396 g/mol. The second kappa shape index (κ2) is 7.88. The number of amides is 5. The van der Waals surface area contributed by atoms with Crippen LogP contribution in [-0.2, 0) is 25.7 Å². The Labute approximate surface area is 166 Å². The number of nitrogens with one attached hydrogen (secondary N) is 3. The number of urea groups is 1. The van der Waals surface area contributed by atoms with Crippen molar-refractivity contribution < 1.29 is 23.9 Å². The van der Waals surface area contributed by atoms with Crippen LogP contribution in [0.25, 0.3) is 17.0 Å². The molecule has 0 radical (unpaired) electrons. The van der Waals surface area contributed by atoms with Crippen LogP contribution in [0, 0.1) is 0 Å². The number of aromatic nitrogens is 1. The molecule has 150 valence electrons. The molecule has 1 aromatic carbocycles. The molecule has 0 unspecified atom stereocenters. The Balaban J connectivity index is 1.57. The van der Waals surface area contributed by atoms with E-state index in [2.05, 4.69) is 5.32 Å². The van der Waals surface area contributed by atoms with Gasteiger partial charge in [-0.05, 0) is 25.0 Å². The van der Waals surface area contributed by atoms with E-state index in [1.807, 2.05) is 34.9 Å². The summed E-state index contributed by atoms with van der Waals surface area (Å²) in [5.41, 5.74) is 1.22. The van der Waals surface area contributed by atoms with Crippen LogP contribution < -0.4 is 16.0 Å². The summed E-state index contributed by atoms with van der Waals surface area (Å²) >= 11 is 0. The molecule has 0 aliphatic carbocycles. The lowest BCUT2D eigenvalue weighted by Crippen LogP contribution is -2.51. The SMILES string of the molecule is O=C(Cn1cc(C=C2C(=O)NC(=O)NC2=O)c2ccccc21)NC[C@H]1CCCO1. The van der Waals surface area contributed by atoms with Gasteiger partial charge in [-0.2, -0.15) is 0 Å². The fourth-order valence-corrected chi connectivity index (χ4v) is 3.53.